The van der Waals surface area contributed by atoms with E-state index in [0.717, 1.165) is 0 Å². The summed E-state index contributed by atoms with van der Waals surface area (Å²) in [5.74, 6) is -1.45. The van der Waals surface area contributed by atoms with Crippen molar-refractivity contribution in [3.63, 3.8) is 0 Å². The average Bonchev–Trinajstić information content (AvgIpc) is 2.93. The molecule has 5 nitrogen and oxygen atoms in total. The molecule has 3 rings (SSSR count). The summed E-state index contributed by atoms with van der Waals surface area (Å²) in [5, 5.41) is 16.2. The van der Waals surface area contributed by atoms with Gasteiger partial charge in [-0.3, -0.25) is 5.10 Å². The van der Waals surface area contributed by atoms with Crippen LogP contribution in [0.25, 0.3) is 22.2 Å². The summed E-state index contributed by atoms with van der Waals surface area (Å²) in [6.07, 6.45) is 1.25. The van der Waals surface area contributed by atoms with Gasteiger partial charge in [-0.2, -0.15) is 5.10 Å². The molecular weight excluding hydrogens is 249 g/mol. The van der Waals surface area contributed by atoms with Crippen LogP contribution < -0.4 is 0 Å². The van der Waals surface area contributed by atoms with E-state index >= 15 is 0 Å². The number of fused-ring (bicyclic) bond motifs is 1. The molecule has 6 heteroatoms. The molecule has 0 amide bonds. The first-order valence-corrected chi connectivity index (χ1v) is 5.63. The molecule has 3 aromatic rings. The van der Waals surface area contributed by atoms with Crippen molar-refractivity contribution in [2.24, 2.45) is 0 Å². The zero-order valence-electron chi connectivity index (χ0n) is 9.99. The van der Waals surface area contributed by atoms with Gasteiger partial charge in [-0.1, -0.05) is 12.1 Å². The highest BCUT2D eigenvalue weighted by Gasteiger charge is 2.20. The lowest BCUT2D eigenvalue weighted by Gasteiger charge is -2.00. The van der Waals surface area contributed by atoms with Crippen molar-refractivity contribution >= 4 is 16.9 Å². The molecule has 0 bridgehead atoms. The van der Waals surface area contributed by atoms with Crippen molar-refractivity contribution in [3.05, 3.63) is 41.5 Å². The van der Waals surface area contributed by atoms with Gasteiger partial charge >= 0.3 is 5.97 Å². The maximum atomic E-state index is 13.7. The third kappa shape index (κ3) is 1.61. The van der Waals surface area contributed by atoms with Gasteiger partial charge in [0.1, 0.15) is 11.4 Å². The van der Waals surface area contributed by atoms with Gasteiger partial charge in [0.25, 0.3) is 0 Å². The third-order valence-corrected chi connectivity index (χ3v) is 3.09. The maximum Gasteiger partial charge on any atom is 0.339 e. The Labute approximate surface area is 107 Å². The first kappa shape index (κ1) is 11.5. The highest BCUT2D eigenvalue weighted by atomic mass is 19.1. The van der Waals surface area contributed by atoms with E-state index in [2.05, 4.69) is 15.2 Å². The van der Waals surface area contributed by atoms with Crippen LogP contribution in [0.4, 0.5) is 4.39 Å². The molecule has 2 heterocycles. The number of para-hydroxylation sites is 1. The zero-order chi connectivity index (χ0) is 13.6. The van der Waals surface area contributed by atoms with E-state index in [9.17, 15) is 9.18 Å². The van der Waals surface area contributed by atoms with Crippen LogP contribution in [0.3, 0.4) is 0 Å². The van der Waals surface area contributed by atoms with Gasteiger partial charge in [-0.15, -0.1) is 0 Å². The van der Waals surface area contributed by atoms with E-state index in [1.807, 2.05) is 0 Å². The lowest BCUT2D eigenvalue weighted by Crippen LogP contribution is -1.97. The van der Waals surface area contributed by atoms with Gasteiger partial charge in [0.2, 0.25) is 0 Å². The fourth-order valence-electron chi connectivity index (χ4n) is 2.27. The standard InChI is InChI=1S/C13H10FN3O2/c1-6-10(12-8(13(18)19)5-15-17-12)7-3-2-4-9(14)11(7)16-6/h2-5,16H,1H3,(H,15,17)(H,18,19). The van der Waals surface area contributed by atoms with Crippen LogP contribution in [0.15, 0.2) is 24.4 Å². The quantitative estimate of drug-likeness (QED) is 0.661. The Morgan fingerprint density at radius 2 is 2.21 bits per heavy atom. The number of aromatic nitrogens is 3. The molecule has 0 atom stereocenters. The SMILES string of the molecule is Cc1[nH]c2c(F)cccc2c1-c1[nH]ncc1C(=O)O. The Kier molecular flexibility index (Phi) is 2.38. The number of aromatic amines is 2. The molecule has 0 fully saturated rings. The van der Waals surface area contributed by atoms with Crippen LogP contribution in [-0.2, 0) is 0 Å². The van der Waals surface area contributed by atoms with Gasteiger partial charge in [0.15, 0.2) is 0 Å². The van der Waals surface area contributed by atoms with Crippen molar-refractivity contribution in [2.75, 3.05) is 0 Å². The second kappa shape index (κ2) is 3.94. The summed E-state index contributed by atoms with van der Waals surface area (Å²) in [4.78, 5) is 14.1. The Bertz CT molecular complexity index is 788. The minimum Gasteiger partial charge on any atom is -0.478 e. The molecule has 1 aromatic carbocycles. The first-order valence-electron chi connectivity index (χ1n) is 5.63. The zero-order valence-corrected chi connectivity index (χ0v) is 9.99. The smallest absolute Gasteiger partial charge is 0.339 e. The van der Waals surface area contributed by atoms with Gasteiger partial charge < -0.3 is 10.1 Å². The molecule has 0 saturated carbocycles. The second-order valence-corrected chi connectivity index (χ2v) is 4.25. The molecule has 0 aliphatic rings. The van der Waals surface area contributed by atoms with Crippen molar-refractivity contribution in [2.45, 2.75) is 6.92 Å². The predicted molar refractivity (Wildman–Crippen MR) is 67.5 cm³/mol. The Balaban J connectivity index is 2.37. The largest absolute Gasteiger partial charge is 0.478 e. The molecule has 0 aliphatic carbocycles. The van der Waals surface area contributed by atoms with Crippen LogP contribution in [-0.4, -0.2) is 26.3 Å². The molecule has 96 valence electrons. The molecular formula is C13H10FN3O2. The minimum atomic E-state index is -1.08. The van der Waals surface area contributed by atoms with Crippen LogP contribution in [0, 0.1) is 12.7 Å². The Morgan fingerprint density at radius 3 is 2.95 bits per heavy atom. The molecule has 0 saturated heterocycles. The van der Waals surface area contributed by atoms with Crippen molar-refractivity contribution in [3.8, 4) is 11.3 Å². The fraction of sp³-hybridized carbons (Fsp3) is 0.0769. The number of carboxylic acid groups (broad SMARTS) is 1. The van der Waals surface area contributed by atoms with Gasteiger partial charge in [-0.05, 0) is 13.0 Å². The monoisotopic (exact) mass is 259 g/mol. The highest BCUT2D eigenvalue weighted by molar-refractivity contribution is 6.03. The van der Waals surface area contributed by atoms with Crippen LogP contribution in [0.5, 0.6) is 0 Å². The minimum absolute atomic E-state index is 0.0632. The van der Waals surface area contributed by atoms with Crippen LogP contribution in [0.2, 0.25) is 0 Å². The lowest BCUT2D eigenvalue weighted by atomic mass is 10.0. The average molecular weight is 259 g/mol. The number of benzene rings is 1. The summed E-state index contributed by atoms with van der Waals surface area (Å²) >= 11 is 0. The number of hydrogen-bond donors (Lipinski definition) is 3. The summed E-state index contributed by atoms with van der Waals surface area (Å²) in [7, 11) is 0. The van der Waals surface area contributed by atoms with Crippen LogP contribution in [0.1, 0.15) is 16.1 Å². The van der Waals surface area contributed by atoms with E-state index < -0.39 is 5.97 Å². The van der Waals surface area contributed by atoms with Gasteiger partial charge in [0, 0.05) is 16.6 Å². The normalized spacial score (nSPS) is 11.1. The van der Waals surface area contributed by atoms with E-state index in [1.165, 1.54) is 12.3 Å². The lowest BCUT2D eigenvalue weighted by molar-refractivity contribution is 0.0698. The van der Waals surface area contributed by atoms with Crippen molar-refractivity contribution in [1.29, 1.82) is 0 Å². The number of halogens is 1. The molecule has 0 spiro atoms. The van der Waals surface area contributed by atoms with E-state index in [-0.39, 0.29) is 11.4 Å². The fourth-order valence-corrected chi connectivity index (χ4v) is 2.27. The molecule has 2 aromatic heterocycles. The number of hydrogen-bond acceptors (Lipinski definition) is 2. The number of carbonyl (C=O) groups is 1. The number of aromatic carboxylic acids is 1. The predicted octanol–water partition coefficient (Wildman–Crippen LogP) is 2.70. The van der Waals surface area contributed by atoms with E-state index in [4.69, 9.17) is 5.11 Å². The number of nitrogens with one attached hydrogen (secondary N) is 2. The van der Waals surface area contributed by atoms with E-state index in [0.29, 0.717) is 27.9 Å². The maximum absolute atomic E-state index is 13.7. The second-order valence-electron chi connectivity index (χ2n) is 4.25. The molecule has 0 radical (unpaired) electrons. The van der Waals surface area contributed by atoms with Crippen LogP contribution >= 0.6 is 0 Å². The number of H-pyrrole nitrogens is 2. The number of rotatable bonds is 2. The highest BCUT2D eigenvalue weighted by Crippen LogP contribution is 2.33. The molecule has 19 heavy (non-hydrogen) atoms. The summed E-state index contributed by atoms with van der Waals surface area (Å²) in [5.41, 5.74) is 2.12. The Hall–Kier alpha value is -2.63. The molecule has 3 N–H and O–H groups in total. The van der Waals surface area contributed by atoms with Gasteiger partial charge in [-0.25, -0.2) is 9.18 Å². The molecule has 0 aliphatic heterocycles. The molecule has 0 unspecified atom stereocenters. The number of nitrogens with zero attached hydrogens (tertiary/aromatic N) is 1. The van der Waals surface area contributed by atoms with E-state index in [1.54, 1.807) is 19.1 Å². The number of carboxylic acids is 1. The van der Waals surface area contributed by atoms with Gasteiger partial charge in [0.05, 0.1) is 17.4 Å². The topological polar surface area (TPSA) is 81.8 Å². The summed E-state index contributed by atoms with van der Waals surface area (Å²) < 4.78 is 13.7. The summed E-state index contributed by atoms with van der Waals surface area (Å²) in [6.45, 7) is 1.77. The van der Waals surface area contributed by atoms with Crippen molar-refractivity contribution in [1.82, 2.24) is 15.2 Å². The Morgan fingerprint density at radius 1 is 1.42 bits per heavy atom. The van der Waals surface area contributed by atoms with Crippen molar-refractivity contribution < 1.29 is 14.3 Å². The summed E-state index contributed by atoms with van der Waals surface area (Å²) in [6, 6.07) is 4.68. The third-order valence-electron chi connectivity index (χ3n) is 3.09. The number of aryl methyl sites for hydroxylation is 1. The first-order chi connectivity index (χ1) is 9.09.